The average molecular weight is 335 g/mol. The van der Waals surface area contributed by atoms with Crippen LogP contribution in [0.3, 0.4) is 0 Å². The summed E-state index contributed by atoms with van der Waals surface area (Å²) in [7, 11) is 0. The number of carbonyl (C=O) groups is 1. The van der Waals surface area contributed by atoms with Gasteiger partial charge in [-0.2, -0.15) is 5.10 Å². The minimum atomic E-state index is -0.126. The van der Waals surface area contributed by atoms with Crippen molar-refractivity contribution in [2.75, 3.05) is 6.61 Å². The van der Waals surface area contributed by atoms with Gasteiger partial charge in [0.05, 0.1) is 11.7 Å². The third-order valence-electron chi connectivity index (χ3n) is 4.06. The Labute approximate surface area is 146 Å². The van der Waals surface area contributed by atoms with Crippen molar-refractivity contribution in [3.63, 3.8) is 0 Å². The van der Waals surface area contributed by atoms with E-state index in [0.717, 1.165) is 11.3 Å². The lowest BCUT2D eigenvalue weighted by Gasteiger charge is -2.19. The highest BCUT2D eigenvalue weighted by atomic mass is 16.3. The van der Waals surface area contributed by atoms with Gasteiger partial charge in [0, 0.05) is 24.6 Å². The van der Waals surface area contributed by atoms with E-state index in [0.29, 0.717) is 18.4 Å². The first kappa shape index (κ1) is 16.9. The van der Waals surface area contributed by atoms with E-state index in [-0.39, 0.29) is 18.6 Å². The molecule has 1 unspecified atom stereocenters. The molecular weight excluding hydrogens is 314 g/mol. The molecule has 1 amide bonds. The van der Waals surface area contributed by atoms with Gasteiger partial charge in [0.1, 0.15) is 0 Å². The topological polar surface area (TPSA) is 67.2 Å². The summed E-state index contributed by atoms with van der Waals surface area (Å²) in [4.78, 5) is 12.6. The van der Waals surface area contributed by atoms with Crippen molar-refractivity contribution in [1.29, 1.82) is 0 Å². The molecule has 0 radical (unpaired) electrons. The molecule has 5 nitrogen and oxygen atoms in total. The molecule has 0 fully saturated rings. The van der Waals surface area contributed by atoms with Crippen molar-refractivity contribution in [3.8, 4) is 5.69 Å². The Morgan fingerprint density at radius 2 is 1.84 bits per heavy atom. The van der Waals surface area contributed by atoms with Crippen molar-refractivity contribution < 1.29 is 9.90 Å². The number of rotatable bonds is 7. The molecule has 2 aromatic carbocycles. The zero-order chi connectivity index (χ0) is 17.5. The van der Waals surface area contributed by atoms with Gasteiger partial charge in [0.25, 0.3) is 5.91 Å². The van der Waals surface area contributed by atoms with Crippen LogP contribution in [0.1, 0.15) is 34.8 Å². The van der Waals surface area contributed by atoms with Crippen LogP contribution in [0.4, 0.5) is 0 Å². The number of nitrogens with one attached hydrogen (secondary N) is 1. The van der Waals surface area contributed by atoms with Gasteiger partial charge >= 0.3 is 0 Å². The second-order valence-electron chi connectivity index (χ2n) is 5.80. The summed E-state index contributed by atoms with van der Waals surface area (Å²) >= 11 is 0. The molecule has 2 N–H and O–H groups in total. The summed E-state index contributed by atoms with van der Waals surface area (Å²) in [6.45, 7) is 0.109. The third-order valence-corrected chi connectivity index (χ3v) is 4.06. The number of aliphatic hydroxyl groups is 1. The van der Waals surface area contributed by atoms with Gasteiger partial charge in [0.15, 0.2) is 0 Å². The zero-order valence-corrected chi connectivity index (χ0v) is 13.9. The van der Waals surface area contributed by atoms with E-state index in [2.05, 4.69) is 10.4 Å². The molecule has 128 valence electrons. The lowest BCUT2D eigenvalue weighted by molar-refractivity contribution is 0.0932. The van der Waals surface area contributed by atoms with Crippen molar-refractivity contribution in [3.05, 3.63) is 84.2 Å². The fourth-order valence-electron chi connectivity index (χ4n) is 2.73. The van der Waals surface area contributed by atoms with Gasteiger partial charge in [-0.25, -0.2) is 4.68 Å². The van der Waals surface area contributed by atoms with E-state index >= 15 is 0 Å². The van der Waals surface area contributed by atoms with Crippen LogP contribution in [0, 0.1) is 0 Å². The molecule has 1 atom stereocenters. The summed E-state index contributed by atoms with van der Waals surface area (Å²) < 4.78 is 1.75. The Balaban J connectivity index is 1.72. The van der Waals surface area contributed by atoms with Gasteiger partial charge in [0.2, 0.25) is 0 Å². The largest absolute Gasteiger partial charge is 0.396 e. The van der Waals surface area contributed by atoms with Crippen LogP contribution in [0.25, 0.3) is 5.69 Å². The van der Waals surface area contributed by atoms with E-state index in [1.54, 1.807) is 23.0 Å². The molecule has 25 heavy (non-hydrogen) atoms. The Hall–Kier alpha value is -2.92. The van der Waals surface area contributed by atoms with Gasteiger partial charge in [-0.15, -0.1) is 0 Å². The first-order valence-corrected chi connectivity index (χ1v) is 8.34. The van der Waals surface area contributed by atoms with Crippen molar-refractivity contribution >= 4 is 5.91 Å². The Kier molecular flexibility index (Phi) is 5.59. The highest BCUT2D eigenvalue weighted by molar-refractivity contribution is 5.94. The van der Waals surface area contributed by atoms with E-state index in [1.165, 1.54) is 0 Å². The smallest absolute Gasteiger partial charge is 0.251 e. The van der Waals surface area contributed by atoms with Crippen molar-refractivity contribution in [2.45, 2.75) is 18.9 Å². The van der Waals surface area contributed by atoms with Crippen molar-refractivity contribution in [2.24, 2.45) is 0 Å². The Morgan fingerprint density at radius 1 is 1.08 bits per heavy atom. The number of nitrogens with zero attached hydrogens (tertiary/aromatic N) is 2. The van der Waals surface area contributed by atoms with Gasteiger partial charge < -0.3 is 10.4 Å². The molecule has 3 aromatic rings. The first-order valence-electron chi connectivity index (χ1n) is 8.34. The number of hydrogen-bond donors (Lipinski definition) is 2. The molecule has 0 saturated carbocycles. The summed E-state index contributed by atoms with van der Waals surface area (Å²) in [6, 6.07) is 18.9. The molecular formula is C20H21N3O2. The second kappa shape index (κ2) is 8.26. The predicted molar refractivity (Wildman–Crippen MR) is 96.5 cm³/mol. The minimum Gasteiger partial charge on any atom is -0.396 e. The molecule has 0 saturated heterocycles. The van der Waals surface area contributed by atoms with Crippen LogP contribution in [0.15, 0.2) is 73.1 Å². The molecule has 0 aliphatic rings. The molecule has 5 heteroatoms. The fraction of sp³-hybridized carbons (Fsp3) is 0.200. The molecule has 0 bridgehead atoms. The highest BCUT2D eigenvalue weighted by Crippen LogP contribution is 2.19. The van der Waals surface area contributed by atoms with Crippen LogP contribution in [0.2, 0.25) is 0 Å². The molecule has 0 aliphatic heterocycles. The minimum absolute atomic E-state index is 0.109. The van der Waals surface area contributed by atoms with E-state index in [4.69, 9.17) is 5.11 Å². The van der Waals surface area contributed by atoms with Crippen LogP contribution in [-0.4, -0.2) is 27.4 Å². The summed E-state index contributed by atoms with van der Waals surface area (Å²) in [5.74, 6) is -0.126. The van der Waals surface area contributed by atoms with Gasteiger partial charge in [-0.05, 0) is 48.7 Å². The number of amides is 1. The SMILES string of the molecule is O=C(NC(CCCO)c1ccccc1)c1ccc(-n2cccn2)cc1. The molecule has 0 spiro atoms. The van der Waals surface area contributed by atoms with Crippen LogP contribution in [0.5, 0.6) is 0 Å². The fourth-order valence-corrected chi connectivity index (χ4v) is 2.73. The second-order valence-corrected chi connectivity index (χ2v) is 5.80. The van der Waals surface area contributed by atoms with E-state index in [1.807, 2.05) is 54.7 Å². The van der Waals surface area contributed by atoms with Crippen molar-refractivity contribution in [1.82, 2.24) is 15.1 Å². The molecule has 1 aromatic heterocycles. The number of aromatic nitrogens is 2. The quantitative estimate of drug-likeness (QED) is 0.697. The predicted octanol–water partition coefficient (Wildman–Crippen LogP) is 3.12. The lowest BCUT2D eigenvalue weighted by Crippen LogP contribution is -2.28. The van der Waals surface area contributed by atoms with Gasteiger partial charge in [-0.3, -0.25) is 4.79 Å². The first-order chi connectivity index (χ1) is 12.3. The third kappa shape index (κ3) is 4.33. The monoisotopic (exact) mass is 335 g/mol. The summed E-state index contributed by atoms with van der Waals surface area (Å²) in [5, 5.41) is 16.4. The van der Waals surface area contributed by atoms with Crippen LogP contribution >= 0.6 is 0 Å². The molecule has 3 rings (SSSR count). The Morgan fingerprint density at radius 3 is 2.48 bits per heavy atom. The lowest BCUT2D eigenvalue weighted by atomic mass is 10.0. The van der Waals surface area contributed by atoms with Crippen LogP contribution in [-0.2, 0) is 0 Å². The number of aliphatic hydroxyl groups excluding tert-OH is 1. The normalized spacial score (nSPS) is 11.9. The zero-order valence-electron chi connectivity index (χ0n) is 13.9. The van der Waals surface area contributed by atoms with E-state index in [9.17, 15) is 4.79 Å². The number of benzene rings is 2. The summed E-state index contributed by atoms with van der Waals surface area (Å²) in [6.07, 6.45) is 4.90. The summed E-state index contributed by atoms with van der Waals surface area (Å²) in [5.41, 5.74) is 2.54. The highest BCUT2D eigenvalue weighted by Gasteiger charge is 2.15. The number of hydrogen-bond acceptors (Lipinski definition) is 3. The maximum absolute atomic E-state index is 12.6. The van der Waals surface area contributed by atoms with Crippen LogP contribution < -0.4 is 5.32 Å². The average Bonchev–Trinajstić information content (AvgIpc) is 3.20. The molecule has 1 heterocycles. The van der Waals surface area contributed by atoms with Gasteiger partial charge in [-0.1, -0.05) is 30.3 Å². The Bertz CT molecular complexity index is 784. The number of carbonyl (C=O) groups excluding carboxylic acids is 1. The maximum atomic E-state index is 12.6. The van der Waals surface area contributed by atoms with E-state index < -0.39 is 0 Å². The molecule has 0 aliphatic carbocycles. The maximum Gasteiger partial charge on any atom is 0.251 e. The standard InChI is InChI=1S/C20H21N3O2/c24-15-4-8-19(16-6-2-1-3-7-16)22-20(25)17-9-11-18(12-10-17)23-14-5-13-21-23/h1-3,5-7,9-14,19,24H,4,8,15H2,(H,22,25).